The molecule has 0 fully saturated rings. The minimum Gasteiger partial charge on any atom is -0.426 e. The molecule has 0 unspecified atom stereocenters. The number of para-hydroxylation sites is 1. The van der Waals surface area contributed by atoms with E-state index in [2.05, 4.69) is 42.9 Å². The van der Waals surface area contributed by atoms with Crippen molar-refractivity contribution in [2.75, 3.05) is 0 Å². The lowest BCUT2D eigenvalue weighted by Gasteiger charge is -2.18. The summed E-state index contributed by atoms with van der Waals surface area (Å²) in [5.74, 6) is 0.194. The average molecular weight is 457 g/mol. The molecule has 0 aliphatic carbocycles. The molecule has 0 aliphatic rings. The molecule has 2 aromatic carbocycles. The van der Waals surface area contributed by atoms with Gasteiger partial charge in [0.05, 0.1) is 6.42 Å². The summed E-state index contributed by atoms with van der Waals surface area (Å²) >= 11 is 6.60. The van der Waals surface area contributed by atoms with Gasteiger partial charge in [0.1, 0.15) is 5.75 Å². The highest BCUT2D eigenvalue weighted by Crippen LogP contribution is 2.32. The van der Waals surface area contributed by atoms with Gasteiger partial charge in [-0.2, -0.15) is 0 Å². The van der Waals surface area contributed by atoms with Crippen LogP contribution < -0.4 is 4.74 Å². The normalized spacial score (nSPS) is 11.3. The number of aromatic nitrogens is 2. The maximum atomic E-state index is 12.3. The third kappa shape index (κ3) is 5.65. The number of benzene rings is 2. The summed E-state index contributed by atoms with van der Waals surface area (Å²) in [6.45, 7) is 6.43. The number of halogens is 1. The Bertz CT molecular complexity index is 1280. The first kappa shape index (κ1) is 22.7. The molecule has 0 spiro atoms. The highest BCUT2D eigenvalue weighted by molar-refractivity contribution is 6.33. The molecule has 0 bridgehead atoms. The molecule has 0 amide bonds. The van der Waals surface area contributed by atoms with Crippen LogP contribution in [0.4, 0.5) is 0 Å². The molecule has 4 nitrogen and oxygen atoms in total. The van der Waals surface area contributed by atoms with E-state index in [1.807, 2.05) is 48.8 Å². The number of rotatable bonds is 5. The SMILES string of the molecule is CC(C)(C)c1cc(-c2cncc(-c3ccc(CC(=O)Oc4ccccc4)cc3Cl)c2)ccn1. The van der Waals surface area contributed by atoms with Crippen molar-refractivity contribution in [3.63, 3.8) is 0 Å². The largest absolute Gasteiger partial charge is 0.426 e. The van der Waals surface area contributed by atoms with Crippen LogP contribution in [0.15, 0.2) is 85.3 Å². The first-order valence-electron chi connectivity index (χ1n) is 10.8. The maximum Gasteiger partial charge on any atom is 0.315 e. The molecule has 4 aromatic rings. The Hall–Kier alpha value is -3.50. The lowest BCUT2D eigenvalue weighted by molar-refractivity contribution is -0.133. The molecule has 5 heteroatoms. The van der Waals surface area contributed by atoms with E-state index >= 15 is 0 Å². The Morgan fingerprint density at radius 2 is 1.67 bits per heavy atom. The number of ether oxygens (including phenoxy) is 1. The first-order chi connectivity index (χ1) is 15.8. The minimum absolute atomic E-state index is 0.0398. The minimum atomic E-state index is -0.332. The van der Waals surface area contributed by atoms with Gasteiger partial charge >= 0.3 is 5.97 Å². The number of hydrogen-bond acceptors (Lipinski definition) is 4. The summed E-state index contributed by atoms with van der Waals surface area (Å²) < 4.78 is 5.37. The van der Waals surface area contributed by atoms with Gasteiger partial charge in [-0.05, 0) is 47.5 Å². The van der Waals surface area contributed by atoms with Gasteiger partial charge in [0, 0.05) is 51.4 Å². The molecule has 0 radical (unpaired) electrons. The van der Waals surface area contributed by atoms with Crippen molar-refractivity contribution >= 4 is 17.6 Å². The van der Waals surface area contributed by atoms with E-state index in [0.717, 1.165) is 33.5 Å². The second-order valence-electron chi connectivity index (χ2n) is 8.92. The van der Waals surface area contributed by atoms with E-state index in [1.165, 1.54) is 0 Å². The zero-order valence-electron chi connectivity index (χ0n) is 18.9. The molecule has 2 heterocycles. The zero-order chi connectivity index (χ0) is 23.4. The highest BCUT2D eigenvalue weighted by Gasteiger charge is 2.16. The summed E-state index contributed by atoms with van der Waals surface area (Å²) in [5.41, 5.74) is 5.59. The zero-order valence-corrected chi connectivity index (χ0v) is 19.6. The van der Waals surface area contributed by atoms with Gasteiger partial charge in [0.2, 0.25) is 0 Å². The van der Waals surface area contributed by atoms with E-state index in [-0.39, 0.29) is 17.8 Å². The second-order valence-corrected chi connectivity index (χ2v) is 9.33. The molecule has 4 rings (SSSR count). The van der Waals surface area contributed by atoms with Crippen LogP contribution in [-0.4, -0.2) is 15.9 Å². The number of carbonyl (C=O) groups excluding carboxylic acids is 1. The Morgan fingerprint density at radius 3 is 2.39 bits per heavy atom. The molecule has 2 aromatic heterocycles. The number of hydrogen-bond donors (Lipinski definition) is 0. The fraction of sp³-hybridized carbons (Fsp3) is 0.179. The van der Waals surface area contributed by atoms with Crippen LogP contribution in [0.2, 0.25) is 5.02 Å². The van der Waals surface area contributed by atoms with Crippen molar-refractivity contribution in [1.82, 2.24) is 9.97 Å². The van der Waals surface area contributed by atoms with E-state index in [9.17, 15) is 4.79 Å². The molecule has 166 valence electrons. The Labute approximate surface area is 199 Å². The first-order valence-corrected chi connectivity index (χ1v) is 11.1. The standard InChI is InChI=1S/C28H25ClN2O2/c1-28(2,3)26-16-20(11-12-31-26)21-15-22(18-30-17-21)24-10-9-19(13-25(24)29)14-27(32)33-23-7-5-4-6-8-23/h4-13,15-18H,14H2,1-3H3. The molecular formula is C28H25ClN2O2. The van der Waals surface area contributed by atoms with Crippen LogP contribution in [0, 0.1) is 0 Å². The van der Waals surface area contributed by atoms with Crippen molar-refractivity contribution in [3.05, 3.63) is 102 Å². The van der Waals surface area contributed by atoms with Crippen LogP contribution in [0.25, 0.3) is 22.3 Å². The topological polar surface area (TPSA) is 52.1 Å². The second kappa shape index (κ2) is 9.55. The summed E-state index contributed by atoms with van der Waals surface area (Å²) in [6, 6.07) is 20.8. The highest BCUT2D eigenvalue weighted by atomic mass is 35.5. The van der Waals surface area contributed by atoms with E-state index in [4.69, 9.17) is 16.3 Å². The summed E-state index contributed by atoms with van der Waals surface area (Å²) in [4.78, 5) is 21.2. The maximum absolute atomic E-state index is 12.3. The van der Waals surface area contributed by atoms with Gasteiger partial charge in [0.25, 0.3) is 0 Å². The molecule has 33 heavy (non-hydrogen) atoms. The fourth-order valence-corrected chi connectivity index (χ4v) is 3.80. The predicted octanol–water partition coefficient (Wildman–Crippen LogP) is 6.91. The molecule has 0 saturated heterocycles. The van der Waals surface area contributed by atoms with Crippen LogP contribution in [0.3, 0.4) is 0 Å². The van der Waals surface area contributed by atoms with Gasteiger partial charge in [0.15, 0.2) is 0 Å². The van der Waals surface area contributed by atoms with Gasteiger partial charge < -0.3 is 4.74 Å². The number of nitrogens with zero attached hydrogens (tertiary/aromatic N) is 2. The lowest BCUT2D eigenvalue weighted by atomic mass is 9.90. The average Bonchev–Trinajstić information content (AvgIpc) is 2.79. The van der Waals surface area contributed by atoms with Gasteiger partial charge in [-0.25, -0.2) is 0 Å². The van der Waals surface area contributed by atoms with E-state index in [0.29, 0.717) is 10.8 Å². The number of pyridine rings is 2. The Balaban J connectivity index is 1.55. The van der Waals surface area contributed by atoms with Gasteiger partial charge in [-0.3, -0.25) is 14.8 Å². The van der Waals surface area contributed by atoms with Gasteiger partial charge in [-0.1, -0.05) is 62.7 Å². The number of carbonyl (C=O) groups is 1. The van der Waals surface area contributed by atoms with Crippen LogP contribution in [-0.2, 0) is 16.6 Å². The smallest absolute Gasteiger partial charge is 0.315 e. The van der Waals surface area contributed by atoms with Crippen LogP contribution >= 0.6 is 11.6 Å². The van der Waals surface area contributed by atoms with Crippen LogP contribution in [0.5, 0.6) is 5.75 Å². The third-order valence-electron chi connectivity index (χ3n) is 5.27. The predicted molar refractivity (Wildman–Crippen MR) is 132 cm³/mol. The Morgan fingerprint density at radius 1 is 0.909 bits per heavy atom. The van der Waals surface area contributed by atoms with Crippen molar-refractivity contribution in [2.45, 2.75) is 32.6 Å². The quantitative estimate of drug-likeness (QED) is 0.242. The third-order valence-corrected chi connectivity index (χ3v) is 5.58. The van der Waals surface area contributed by atoms with Gasteiger partial charge in [-0.15, -0.1) is 0 Å². The molecular weight excluding hydrogens is 432 g/mol. The fourth-order valence-electron chi connectivity index (χ4n) is 3.49. The lowest BCUT2D eigenvalue weighted by Crippen LogP contribution is -2.13. The van der Waals surface area contributed by atoms with Crippen molar-refractivity contribution < 1.29 is 9.53 Å². The summed E-state index contributed by atoms with van der Waals surface area (Å²) in [6.07, 6.45) is 5.60. The Kier molecular flexibility index (Phi) is 6.57. The van der Waals surface area contributed by atoms with Crippen molar-refractivity contribution in [1.29, 1.82) is 0 Å². The summed E-state index contributed by atoms with van der Waals surface area (Å²) in [7, 11) is 0. The van der Waals surface area contributed by atoms with Crippen molar-refractivity contribution in [3.8, 4) is 28.0 Å². The molecule has 0 N–H and O–H groups in total. The molecule has 0 atom stereocenters. The molecule has 0 aliphatic heterocycles. The summed E-state index contributed by atoms with van der Waals surface area (Å²) in [5, 5.41) is 0.559. The molecule has 0 saturated carbocycles. The van der Waals surface area contributed by atoms with Crippen molar-refractivity contribution in [2.24, 2.45) is 0 Å². The van der Waals surface area contributed by atoms with E-state index < -0.39 is 0 Å². The number of esters is 1. The van der Waals surface area contributed by atoms with Crippen LogP contribution in [0.1, 0.15) is 32.0 Å². The monoisotopic (exact) mass is 456 g/mol. The van der Waals surface area contributed by atoms with E-state index in [1.54, 1.807) is 24.4 Å².